The van der Waals surface area contributed by atoms with Crippen LogP contribution in [0.15, 0.2) is 34.9 Å². The Balaban J connectivity index is 1.88. The number of hydrogen-bond acceptors (Lipinski definition) is 2. The topological polar surface area (TPSA) is 24.9 Å². The van der Waals surface area contributed by atoms with Crippen LogP contribution >= 0.6 is 15.9 Å². The van der Waals surface area contributed by atoms with Gasteiger partial charge in [0.25, 0.3) is 0 Å². The number of benzene rings is 1. The molecule has 0 amide bonds. The molecule has 100 valence electrons. The first kappa shape index (κ1) is 12.9. The summed E-state index contributed by atoms with van der Waals surface area (Å²) in [6, 6.07) is 8.89. The lowest BCUT2D eigenvalue weighted by molar-refractivity contribution is 0.586. The van der Waals surface area contributed by atoms with E-state index in [0.717, 1.165) is 22.6 Å². The van der Waals surface area contributed by atoms with E-state index in [2.05, 4.69) is 57.4 Å². The van der Waals surface area contributed by atoms with Crippen molar-refractivity contribution in [2.45, 2.75) is 38.6 Å². The zero-order valence-corrected chi connectivity index (χ0v) is 12.8. The van der Waals surface area contributed by atoms with E-state index in [1.165, 1.54) is 30.0 Å². The molecule has 0 spiro atoms. The van der Waals surface area contributed by atoms with Gasteiger partial charge in [-0.15, -0.1) is 0 Å². The summed E-state index contributed by atoms with van der Waals surface area (Å²) < 4.78 is 1.13. The predicted molar refractivity (Wildman–Crippen MR) is 84.5 cm³/mol. The molecule has 3 rings (SSSR count). The van der Waals surface area contributed by atoms with Crippen molar-refractivity contribution in [1.82, 2.24) is 4.98 Å². The Morgan fingerprint density at radius 3 is 2.89 bits per heavy atom. The van der Waals surface area contributed by atoms with E-state index in [9.17, 15) is 0 Å². The van der Waals surface area contributed by atoms with Crippen LogP contribution in [0.1, 0.15) is 32.6 Å². The van der Waals surface area contributed by atoms with Gasteiger partial charge in [0.15, 0.2) is 0 Å². The Labute approximate surface area is 122 Å². The summed E-state index contributed by atoms with van der Waals surface area (Å²) in [5, 5.41) is 6.06. The number of rotatable bonds is 5. The first-order valence-electron chi connectivity index (χ1n) is 7.07. The number of pyridine rings is 1. The third-order valence-electron chi connectivity index (χ3n) is 3.90. The van der Waals surface area contributed by atoms with Crippen molar-refractivity contribution in [1.29, 1.82) is 0 Å². The molecule has 1 N–H and O–H groups in total. The first-order chi connectivity index (χ1) is 9.28. The van der Waals surface area contributed by atoms with Gasteiger partial charge in [-0.3, -0.25) is 0 Å². The molecule has 0 bridgehead atoms. The van der Waals surface area contributed by atoms with E-state index < -0.39 is 0 Å². The smallest absolute Gasteiger partial charge is 0.134 e. The molecule has 1 unspecified atom stereocenters. The van der Waals surface area contributed by atoms with Gasteiger partial charge in [0.1, 0.15) is 5.82 Å². The lowest BCUT2D eigenvalue weighted by Crippen LogP contribution is -2.20. The molecule has 19 heavy (non-hydrogen) atoms. The number of hydrogen-bond donors (Lipinski definition) is 1. The maximum absolute atomic E-state index is 4.53. The fourth-order valence-corrected chi connectivity index (χ4v) is 3.06. The van der Waals surface area contributed by atoms with E-state index in [1.54, 1.807) is 0 Å². The second-order valence-electron chi connectivity index (χ2n) is 5.42. The maximum Gasteiger partial charge on any atom is 0.134 e. The lowest BCUT2D eigenvalue weighted by Gasteiger charge is -2.18. The van der Waals surface area contributed by atoms with E-state index in [1.807, 2.05) is 6.20 Å². The predicted octanol–water partition coefficient (Wildman–Crippen LogP) is 4.99. The third-order valence-corrected chi connectivity index (χ3v) is 4.59. The van der Waals surface area contributed by atoms with Crippen LogP contribution in [0.25, 0.3) is 10.8 Å². The van der Waals surface area contributed by atoms with Crippen LogP contribution in [0.3, 0.4) is 0 Å². The highest BCUT2D eigenvalue weighted by atomic mass is 79.9. The van der Waals surface area contributed by atoms with Gasteiger partial charge in [-0.1, -0.05) is 47.8 Å². The molecule has 0 radical (unpaired) electrons. The molecule has 1 heterocycles. The summed E-state index contributed by atoms with van der Waals surface area (Å²) in [7, 11) is 0. The summed E-state index contributed by atoms with van der Waals surface area (Å²) >= 11 is 3.61. The average molecular weight is 319 g/mol. The Morgan fingerprint density at radius 1 is 1.32 bits per heavy atom. The Kier molecular flexibility index (Phi) is 3.74. The standard InChI is InChI=1S/C16H19BrN2/c1-2-12(10-11-6-7-11)19-16-14-4-3-5-15(17)13(14)8-9-18-16/h3-5,8-9,11-12H,2,6-7,10H2,1H3,(H,18,19). The van der Waals surface area contributed by atoms with Crippen molar-refractivity contribution in [3.8, 4) is 0 Å². The van der Waals surface area contributed by atoms with Gasteiger partial charge in [0, 0.05) is 27.5 Å². The molecular weight excluding hydrogens is 300 g/mol. The van der Waals surface area contributed by atoms with E-state index in [4.69, 9.17) is 0 Å². The van der Waals surface area contributed by atoms with Gasteiger partial charge in [-0.2, -0.15) is 0 Å². The summed E-state index contributed by atoms with van der Waals surface area (Å²) in [5.74, 6) is 1.96. The van der Waals surface area contributed by atoms with Gasteiger partial charge in [0.2, 0.25) is 0 Å². The monoisotopic (exact) mass is 318 g/mol. The summed E-state index contributed by atoms with van der Waals surface area (Å²) in [5.41, 5.74) is 0. The summed E-state index contributed by atoms with van der Waals surface area (Å²) in [6.45, 7) is 2.25. The largest absolute Gasteiger partial charge is 0.367 e. The minimum Gasteiger partial charge on any atom is -0.367 e. The van der Waals surface area contributed by atoms with Crippen LogP contribution in [0, 0.1) is 5.92 Å². The molecular formula is C16H19BrN2. The normalized spacial score (nSPS) is 16.5. The fraction of sp³-hybridized carbons (Fsp3) is 0.438. The molecule has 1 saturated carbocycles. The van der Waals surface area contributed by atoms with Gasteiger partial charge in [-0.25, -0.2) is 4.98 Å². The second-order valence-corrected chi connectivity index (χ2v) is 6.28. The highest BCUT2D eigenvalue weighted by Gasteiger charge is 2.25. The number of fused-ring (bicyclic) bond motifs is 1. The molecule has 0 saturated heterocycles. The highest BCUT2D eigenvalue weighted by Crippen LogP contribution is 2.35. The molecule has 1 aliphatic carbocycles. The number of halogens is 1. The van der Waals surface area contributed by atoms with Crippen molar-refractivity contribution < 1.29 is 0 Å². The summed E-state index contributed by atoms with van der Waals surface area (Å²) in [6.07, 6.45) is 7.14. The molecule has 1 fully saturated rings. The zero-order valence-electron chi connectivity index (χ0n) is 11.2. The van der Waals surface area contributed by atoms with Gasteiger partial charge in [-0.05, 0) is 30.9 Å². The highest BCUT2D eigenvalue weighted by molar-refractivity contribution is 9.10. The van der Waals surface area contributed by atoms with Crippen molar-refractivity contribution in [3.63, 3.8) is 0 Å². The number of nitrogens with zero attached hydrogens (tertiary/aromatic N) is 1. The van der Waals surface area contributed by atoms with Gasteiger partial charge >= 0.3 is 0 Å². The first-order valence-corrected chi connectivity index (χ1v) is 7.87. The molecule has 2 aromatic rings. The van der Waals surface area contributed by atoms with Crippen molar-refractivity contribution >= 4 is 32.5 Å². The SMILES string of the molecule is CCC(CC1CC1)Nc1nccc2c(Br)cccc12. The molecule has 1 aromatic heterocycles. The van der Waals surface area contributed by atoms with Crippen molar-refractivity contribution in [2.24, 2.45) is 5.92 Å². The molecule has 3 heteroatoms. The van der Waals surface area contributed by atoms with Crippen LogP contribution in [0.4, 0.5) is 5.82 Å². The van der Waals surface area contributed by atoms with Crippen molar-refractivity contribution in [3.05, 3.63) is 34.9 Å². The molecule has 1 aliphatic rings. The van der Waals surface area contributed by atoms with Crippen LogP contribution in [-0.2, 0) is 0 Å². The van der Waals surface area contributed by atoms with Crippen LogP contribution in [0.2, 0.25) is 0 Å². The zero-order chi connectivity index (χ0) is 13.2. The second kappa shape index (κ2) is 5.49. The Hall–Kier alpha value is -1.09. The molecule has 1 atom stereocenters. The van der Waals surface area contributed by atoms with E-state index in [0.29, 0.717) is 6.04 Å². The Bertz CT molecular complexity index is 578. The fourth-order valence-electron chi connectivity index (χ4n) is 2.56. The lowest BCUT2D eigenvalue weighted by atomic mass is 10.1. The van der Waals surface area contributed by atoms with Crippen LogP contribution in [0.5, 0.6) is 0 Å². The maximum atomic E-state index is 4.53. The van der Waals surface area contributed by atoms with Crippen LogP contribution < -0.4 is 5.32 Å². The number of nitrogens with one attached hydrogen (secondary N) is 1. The van der Waals surface area contributed by atoms with E-state index in [-0.39, 0.29) is 0 Å². The Morgan fingerprint density at radius 2 is 2.16 bits per heavy atom. The van der Waals surface area contributed by atoms with Crippen LogP contribution in [-0.4, -0.2) is 11.0 Å². The molecule has 2 nitrogen and oxygen atoms in total. The van der Waals surface area contributed by atoms with Gasteiger partial charge in [0.05, 0.1) is 0 Å². The number of anilines is 1. The van der Waals surface area contributed by atoms with Crippen molar-refractivity contribution in [2.75, 3.05) is 5.32 Å². The van der Waals surface area contributed by atoms with Gasteiger partial charge < -0.3 is 5.32 Å². The minimum absolute atomic E-state index is 0.546. The number of aromatic nitrogens is 1. The minimum atomic E-state index is 0.546. The quantitative estimate of drug-likeness (QED) is 0.840. The van der Waals surface area contributed by atoms with E-state index >= 15 is 0 Å². The average Bonchev–Trinajstić information content (AvgIpc) is 3.23. The molecule has 1 aromatic carbocycles. The third kappa shape index (κ3) is 2.92. The molecule has 0 aliphatic heterocycles. The summed E-state index contributed by atoms with van der Waals surface area (Å²) in [4.78, 5) is 4.53.